The molecule has 2 aliphatic rings. The number of fused-ring (bicyclic) bond motifs is 2. The van der Waals surface area contributed by atoms with Gasteiger partial charge >= 0.3 is 0 Å². The Bertz CT molecular complexity index is 794. The molecule has 134 valence electrons. The van der Waals surface area contributed by atoms with Crippen molar-refractivity contribution in [1.82, 2.24) is 10.6 Å². The first-order valence-corrected chi connectivity index (χ1v) is 9.21. The van der Waals surface area contributed by atoms with Gasteiger partial charge in [0.25, 0.3) is 11.8 Å². The van der Waals surface area contributed by atoms with Gasteiger partial charge in [0, 0.05) is 23.7 Å². The largest absolute Gasteiger partial charge is 0.349 e. The first-order chi connectivity index (χ1) is 12.7. The lowest BCUT2D eigenvalue weighted by atomic mass is 9.99. The molecule has 2 unspecified atom stereocenters. The van der Waals surface area contributed by atoms with Crippen molar-refractivity contribution < 1.29 is 9.59 Å². The molecular formula is C21H23N3O2. The molecular weight excluding hydrogens is 326 g/mol. The van der Waals surface area contributed by atoms with E-state index >= 15 is 0 Å². The fourth-order valence-electron chi connectivity index (χ4n) is 4.01. The minimum absolute atomic E-state index is 0.125. The molecule has 2 aliphatic heterocycles. The molecule has 5 heteroatoms. The van der Waals surface area contributed by atoms with E-state index in [4.69, 9.17) is 0 Å². The number of para-hydroxylation sites is 1. The van der Waals surface area contributed by atoms with Gasteiger partial charge in [-0.25, -0.2) is 0 Å². The maximum Gasteiger partial charge on any atom is 0.255 e. The molecule has 4 rings (SSSR count). The third kappa shape index (κ3) is 3.63. The van der Waals surface area contributed by atoms with E-state index in [1.54, 1.807) is 24.3 Å². The maximum absolute atomic E-state index is 12.8. The molecule has 3 N–H and O–H groups in total. The van der Waals surface area contributed by atoms with E-state index in [1.807, 2.05) is 30.3 Å². The van der Waals surface area contributed by atoms with E-state index in [2.05, 4.69) is 16.0 Å². The van der Waals surface area contributed by atoms with Crippen molar-refractivity contribution in [2.45, 2.75) is 43.8 Å². The number of hydrogen-bond acceptors (Lipinski definition) is 3. The zero-order valence-corrected chi connectivity index (χ0v) is 14.6. The second-order valence-corrected chi connectivity index (χ2v) is 7.15. The van der Waals surface area contributed by atoms with Crippen LogP contribution in [0, 0.1) is 0 Å². The molecule has 5 nitrogen and oxygen atoms in total. The van der Waals surface area contributed by atoms with Crippen molar-refractivity contribution in [2.24, 2.45) is 0 Å². The molecule has 0 radical (unpaired) electrons. The Labute approximate surface area is 153 Å². The normalized spacial score (nSPS) is 24.1. The van der Waals surface area contributed by atoms with Crippen LogP contribution in [-0.4, -0.2) is 29.9 Å². The van der Waals surface area contributed by atoms with Crippen molar-refractivity contribution in [2.75, 3.05) is 5.32 Å². The van der Waals surface area contributed by atoms with E-state index in [9.17, 15) is 9.59 Å². The summed E-state index contributed by atoms with van der Waals surface area (Å²) >= 11 is 0. The van der Waals surface area contributed by atoms with Gasteiger partial charge in [0.1, 0.15) is 0 Å². The Balaban J connectivity index is 1.46. The van der Waals surface area contributed by atoms with Crippen LogP contribution in [0.3, 0.4) is 0 Å². The number of rotatable bonds is 4. The van der Waals surface area contributed by atoms with Crippen LogP contribution in [0.5, 0.6) is 0 Å². The van der Waals surface area contributed by atoms with E-state index in [0.29, 0.717) is 28.9 Å². The average Bonchev–Trinajstić information content (AvgIpc) is 3.01. The molecule has 26 heavy (non-hydrogen) atoms. The predicted molar refractivity (Wildman–Crippen MR) is 101 cm³/mol. The highest BCUT2D eigenvalue weighted by Crippen LogP contribution is 2.27. The molecule has 0 saturated carbocycles. The van der Waals surface area contributed by atoms with Gasteiger partial charge in [-0.05, 0) is 49.9 Å². The fraction of sp³-hybridized carbons (Fsp3) is 0.333. The standard InChI is InChI=1S/C21H23N3O2/c25-20(14-6-2-1-3-7-14)24-19-9-5-4-8-18(19)21(26)23-17-12-15-10-11-16(13-17)22-15/h1-9,15-17,22H,10-13H2,(H,23,26)(H,24,25). The third-order valence-corrected chi connectivity index (χ3v) is 5.26. The zero-order valence-electron chi connectivity index (χ0n) is 14.6. The fourth-order valence-corrected chi connectivity index (χ4v) is 4.01. The van der Waals surface area contributed by atoms with Gasteiger partial charge in [0.2, 0.25) is 0 Å². The van der Waals surface area contributed by atoms with Crippen molar-refractivity contribution in [3.8, 4) is 0 Å². The molecule has 2 aromatic rings. The summed E-state index contributed by atoms with van der Waals surface area (Å²) in [7, 11) is 0. The van der Waals surface area contributed by atoms with Crippen LogP contribution in [-0.2, 0) is 0 Å². The summed E-state index contributed by atoms with van der Waals surface area (Å²) in [6.07, 6.45) is 4.34. The Morgan fingerprint density at radius 3 is 2.23 bits per heavy atom. The maximum atomic E-state index is 12.8. The lowest BCUT2D eigenvalue weighted by molar-refractivity contribution is 0.0925. The Morgan fingerprint density at radius 2 is 1.50 bits per heavy atom. The monoisotopic (exact) mass is 349 g/mol. The van der Waals surface area contributed by atoms with Crippen LogP contribution in [0.4, 0.5) is 5.69 Å². The number of benzene rings is 2. The van der Waals surface area contributed by atoms with Crippen LogP contribution in [0.15, 0.2) is 54.6 Å². The van der Waals surface area contributed by atoms with Gasteiger partial charge in [0.05, 0.1) is 11.3 Å². The highest BCUT2D eigenvalue weighted by molar-refractivity contribution is 6.09. The molecule has 2 bridgehead atoms. The summed E-state index contributed by atoms with van der Waals surface area (Å²) < 4.78 is 0. The molecule has 2 aromatic carbocycles. The van der Waals surface area contributed by atoms with E-state index in [0.717, 1.165) is 12.8 Å². The second-order valence-electron chi connectivity index (χ2n) is 7.15. The number of carbonyl (C=O) groups excluding carboxylic acids is 2. The summed E-state index contributed by atoms with van der Waals surface area (Å²) in [6, 6.07) is 17.4. The van der Waals surface area contributed by atoms with Crippen molar-refractivity contribution in [3.05, 3.63) is 65.7 Å². The van der Waals surface area contributed by atoms with Crippen LogP contribution >= 0.6 is 0 Å². The molecule has 0 aromatic heterocycles. The zero-order chi connectivity index (χ0) is 17.9. The quantitative estimate of drug-likeness (QED) is 0.795. The summed E-state index contributed by atoms with van der Waals surface area (Å²) in [5.41, 5.74) is 1.61. The average molecular weight is 349 g/mol. The Morgan fingerprint density at radius 1 is 0.846 bits per heavy atom. The van der Waals surface area contributed by atoms with Crippen LogP contribution in [0.2, 0.25) is 0 Å². The van der Waals surface area contributed by atoms with Crippen molar-refractivity contribution in [3.63, 3.8) is 0 Å². The van der Waals surface area contributed by atoms with Crippen LogP contribution in [0.25, 0.3) is 0 Å². The highest BCUT2D eigenvalue weighted by atomic mass is 16.2. The van der Waals surface area contributed by atoms with Gasteiger partial charge in [0.15, 0.2) is 0 Å². The molecule has 2 heterocycles. The summed E-state index contributed by atoms with van der Waals surface area (Å²) in [4.78, 5) is 25.2. The Kier molecular flexibility index (Phi) is 4.71. The Hall–Kier alpha value is -2.66. The van der Waals surface area contributed by atoms with E-state index in [1.165, 1.54) is 12.8 Å². The predicted octanol–water partition coefficient (Wildman–Crippen LogP) is 2.95. The van der Waals surface area contributed by atoms with Gasteiger partial charge in [-0.1, -0.05) is 30.3 Å². The number of piperidine rings is 1. The van der Waals surface area contributed by atoms with Crippen LogP contribution < -0.4 is 16.0 Å². The molecule has 0 aliphatic carbocycles. The smallest absolute Gasteiger partial charge is 0.255 e. The van der Waals surface area contributed by atoms with Gasteiger partial charge in [-0.3, -0.25) is 9.59 Å². The second kappa shape index (κ2) is 7.30. The molecule has 2 amide bonds. The molecule has 2 saturated heterocycles. The van der Waals surface area contributed by atoms with Crippen molar-refractivity contribution in [1.29, 1.82) is 0 Å². The van der Waals surface area contributed by atoms with Crippen molar-refractivity contribution >= 4 is 17.5 Å². The van der Waals surface area contributed by atoms with Gasteiger partial charge in [-0.2, -0.15) is 0 Å². The molecule has 2 fully saturated rings. The topological polar surface area (TPSA) is 70.2 Å². The lowest BCUT2D eigenvalue weighted by Crippen LogP contribution is -2.48. The minimum Gasteiger partial charge on any atom is -0.349 e. The lowest BCUT2D eigenvalue weighted by Gasteiger charge is -2.29. The minimum atomic E-state index is -0.217. The first-order valence-electron chi connectivity index (χ1n) is 9.21. The number of hydrogen-bond donors (Lipinski definition) is 3. The third-order valence-electron chi connectivity index (χ3n) is 5.26. The molecule has 2 atom stereocenters. The number of carbonyl (C=O) groups is 2. The van der Waals surface area contributed by atoms with Crippen LogP contribution in [0.1, 0.15) is 46.4 Å². The van der Waals surface area contributed by atoms with Gasteiger partial charge < -0.3 is 16.0 Å². The number of anilines is 1. The number of amides is 2. The van der Waals surface area contributed by atoms with E-state index < -0.39 is 0 Å². The first kappa shape index (κ1) is 16.8. The molecule has 0 spiro atoms. The van der Waals surface area contributed by atoms with Gasteiger partial charge in [-0.15, -0.1) is 0 Å². The summed E-state index contributed by atoms with van der Waals surface area (Å²) in [6.45, 7) is 0. The summed E-state index contributed by atoms with van der Waals surface area (Å²) in [5, 5.41) is 9.60. The SMILES string of the molecule is O=C(Nc1ccccc1C(=O)NC1CC2CCC(C1)N2)c1ccccc1. The summed E-state index contributed by atoms with van der Waals surface area (Å²) in [5.74, 6) is -0.342. The number of nitrogens with one attached hydrogen (secondary N) is 3. The highest BCUT2D eigenvalue weighted by Gasteiger charge is 2.34. The van der Waals surface area contributed by atoms with E-state index in [-0.39, 0.29) is 17.9 Å².